The number of thioether (sulfide) groups is 1. The predicted octanol–water partition coefficient (Wildman–Crippen LogP) is -0.164. The fourth-order valence-electron chi connectivity index (χ4n) is 2.84. The van der Waals surface area contributed by atoms with Gasteiger partial charge in [-0.3, -0.25) is 19.5 Å². The summed E-state index contributed by atoms with van der Waals surface area (Å²) in [6, 6.07) is 2.74. The number of ether oxygens (including phenoxy) is 2. The van der Waals surface area contributed by atoms with Gasteiger partial charge in [0.25, 0.3) is 0 Å². The topological polar surface area (TPSA) is 124 Å². The summed E-state index contributed by atoms with van der Waals surface area (Å²) < 4.78 is 9.83. The average Bonchev–Trinajstić information content (AvgIpc) is 2.65. The third-order valence-corrected chi connectivity index (χ3v) is 5.39. The minimum Gasteiger partial charge on any atom is -0.434 e. The van der Waals surface area contributed by atoms with Crippen LogP contribution in [0.1, 0.15) is 5.69 Å². The molecule has 26 heavy (non-hydrogen) atoms. The van der Waals surface area contributed by atoms with Crippen molar-refractivity contribution in [2.24, 2.45) is 5.73 Å². The van der Waals surface area contributed by atoms with E-state index in [0.717, 1.165) is 0 Å². The van der Waals surface area contributed by atoms with E-state index in [4.69, 9.17) is 15.2 Å². The molecule has 0 aliphatic carbocycles. The first-order valence-corrected chi connectivity index (χ1v) is 8.85. The lowest BCUT2D eigenvalue weighted by atomic mass is 10.0. The zero-order chi connectivity index (χ0) is 18.7. The molecule has 2 aliphatic rings. The number of esters is 1. The van der Waals surface area contributed by atoms with Crippen molar-refractivity contribution < 1.29 is 23.9 Å². The zero-order valence-corrected chi connectivity index (χ0v) is 14.8. The number of β-lactam (4-membered cyclic amide) rings is 1. The van der Waals surface area contributed by atoms with Gasteiger partial charge in [-0.1, -0.05) is 0 Å². The van der Waals surface area contributed by atoms with Gasteiger partial charge < -0.3 is 20.5 Å². The number of nitrogens with zero attached hydrogens (tertiary/aromatic N) is 2. The van der Waals surface area contributed by atoms with Crippen LogP contribution in [0.25, 0.3) is 0 Å². The van der Waals surface area contributed by atoms with Crippen LogP contribution in [0.2, 0.25) is 0 Å². The number of carbonyl (C=O) groups excluding carboxylic acids is 3. The standard InChI is InChI=1S/C16H18N4O5S/c1-24-8-25-16(23)13-9(6-26-15-12(17)14(22)20(13)15)4-11-5-10(19-7-21)2-3-18-11/h2-3,5,7,12,15H,4,6,8,17H2,1H3,(H,18,19,21)/t12?,15-/m0/s1. The van der Waals surface area contributed by atoms with Crippen molar-refractivity contribution in [1.29, 1.82) is 0 Å². The first kappa shape index (κ1) is 18.4. The molecule has 1 unspecified atom stereocenters. The van der Waals surface area contributed by atoms with Crippen LogP contribution in [0.4, 0.5) is 5.69 Å². The molecule has 3 heterocycles. The predicted molar refractivity (Wildman–Crippen MR) is 93.7 cm³/mol. The van der Waals surface area contributed by atoms with E-state index in [1.54, 1.807) is 18.3 Å². The zero-order valence-electron chi connectivity index (χ0n) is 14.0. The number of fused-ring (bicyclic) bond motifs is 1. The number of nitrogens with one attached hydrogen (secondary N) is 1. The van der Waals surface area contributed by atoms with Crippen molar-refractivity contribution in [1.82, 2.24) is 9.88 Å². The second kappa shape index (κ2) is 7.85. The Morgan fingerprint density at radius 3 is 3.12 bits per heavy atom. The Hall–Kier alpha value is -2.43. The molecule has 0 bridgehead atoms. The molecule has 0 spiro atoms. The highest BCUT2D eigenvalue weighted by atomic mass is 32.2. The third-order valence-electron chi connectivity index (χ3n) is 4.03. The number of pyridine rings is 1. The number of carbonyl (C=O) groups is 3. The van der Waals surface area contributed by atoms with Crippen LogP contribution in [0.3, 0.4) is 0 Å². The summed E-state index contributed by atoms with van der Waals surface area (Å²) in [4.78, 5) is 40.9. The number of anilines is 1. The second-order valence-corrected chi connectivity index (χ2v) is 6.81. The van der Waals surface area contributed by atoms with Gasteiger partial charge in [0.05, 0.1) is 0 Å². The molecule has 0 saturated carbocycles. The van der Waals surface area contributed by atoms with Gasteiger partial charge in [-0.25, -0.2) is 4.79 Å². The molecule has 1 saturated heterocycles. The Kier molecular flexibility index (Phi) is 5.55. The summed E-state index contributed by atoms with van der Waals surface area (Å²) in [5.41, 5.74) is 7.99. The lowest BCUT2D eigenvalue weighted by Gasteiger charge is -2.48. The summed E-state index contributed by atoms with van der Waals surface area (Å²) in [6.45, 7) is -0.210. The summed E-state index contributed by atoms with van der Waals surface area (Å²) >= 11 is 1.50. The number of methoxy groups -OCH3 is 1. The molecular formula is C16H18N4O5S. The van der Waals surface area contributed by atoms with Crippen LogP contribution in [-0.2, 0) is 30.3 Å². The maximum atomic E-state index is 12.5. The van der Waals surface area contributed by atoms with Crippen molar-refractivity contribution in [2.45, 2.75) is 17.8 Å². The molecule has 2 amide bonds. The minimum atomic E-state index is -0.630. The van der Waals surface area contributed by atoms with E-state index >= 15 is 0 Å². The van der Waals surface area contributed by atoms with Crippen LogP contribution < -0.4 is 11.1 Å². The van der Waals surface area contributed by atoms with E-state index < -0.39 is 12.0 Å². The lowest BCUT2D eigenvalue weighted by molar-refractivity contribution is -0.157. The molecule has 138 valence electrons. The lowest BCUT2D eigenvalue weighted by Crippen LogP contribution is -2.68. The van der Waals surface area contributed by atoms with E-state index in [9.17, 15) is 14.4 Å². The summed E-state index contributed by atoms with van der Waals surface area (Å²) in [6.07, 6.45) is 2.48. The molecule has 2 atom stereocenters. The van der Waals surface area contributed by atoms with Crippen LogP contribution in [0, 0.1) is 0 Å². The van der Waals surface area contributed by atoms with Crippen molar-refractivity contribution in [3.05, 3.63) is 35.3 Å². The van der Waals surface area contributed by atoms with Gasteiger partial charge in [-0.15, -0.1) is 11.8 Å². The van der Waals surface area contributed by atoms with E-state index in [1.165, 1.54) is 23.8 Å². The fourth-order valence-corrected chi connectivity index (χ4v) is 4.13. The number of hydrogen-bond acceptors (Lipinski definition) is 8. The summed E-state index contributed by atoms with van der Waals surface area (Å²) in [5.74, 6) is -0.421. The number of amides is 2. The average molecular weight is 378 g/mol. The SMILES string of the molecule is COCOC(=O)C1=C(Cc2cc(NC=O)ccn2)CS[C@H]2C(N)C(=O)N12. The number of nitrogens with two attached hydrogens (primary N) is 1. The molecule has 0 radical (unpaired) electrons. The van der Waals surface area contributed by atoms with Crippen molar-refractivity contribution >= 4 is 35.7 Å². The van der Waals surface area contributed by atoms with Crippen LogP contribution in [0.5, 0.6) is 0 Å². The molecule has 9 nitrogen and oxygen atoms in total. The first-order valence-electron chi connectivity index (χ1n) is 7.80. The van der Waals surface area contributed by atoms with Gasteiger partial charge in [-0.2, -0.15) is 0 Å². The maximum absolute atomic E-state index is 12.5. The Morgan fingerprint density at radius 2 is 2.38 bits per heavy atom. The van der Waals surface area contributed by atoms with E-state index in [-0.39, 0.29) is 23.8 Å². The van der Waals surface area contributed by atoms with Crippen LogP contribution in [0.15, 0.2) is 29.6 Å². The number of aromatic nitrogens is 1. The number of rotatable bonds is 7. The van der Waals surface area contributed by atoms with Gasteiger partial charge in [0.15, 0.2) is 6.79 Å². The highest BCUT2D eigenvalue weighted by Gasteiger charge is 2.52. The van der Waals surface area contributed by atoms with Crippen molar-refractivity contribution in [3.63, 3.8) is 0 Å². The molecule has 0 aromatic carbocycles. The molecule has 1 fully saturated rings. The molecule has 3 rings (SSSR count). The number of hydrogen-bond donors (Lipinski definition) is 2. The van der Waals surface area contributed by atoms with Crippen LogP contribution >= 0.6 is 11.8 Å². The van der Waals surface area contributed by atoms with Crippen molar-refractivity contribution in [2.75, 3.05) is 25.0 Å². The summed E-state index contributed by atoms with van der Waals surface area (Å²) in [7, 11) is 1.41. The van der Waals surface area contributed by atoms with Gasteiger partial charge in [0, 0.05) is 36.9 Å². The highest BCUT2D eigenvalue weighted by molar-refractivity contribution is 8.00. The normalized spacial score (nSPS) is 21.8. The van der Waals surface area contributed by atoms with Gasteiger partial charge in [-0.05, 0) is 17.7 Å². The largest absolute Gasteiger partial charge is 0.434 e. The smallest absolute Gasteiger partial charge is 0.357 e. The molecular weight excluding hydrogens is 360 g/mol. The Morgan fingerprint density at radius 1 is 1.58 bits per heavy atom. The second-order valence-electron chi connectivity index (χ2n) is 5.70. The van der Waals surface area contributed by atoms with Gasteiger partial charge >= 0.3 is 5.97 Å². The van der Waals surface area contributed by atoms with Gasteiger partial charge in [0.2, 0.25) is 12.3 Å². The van der Waals surface area contributed by atoms with E-state index in [0.29, 0.717) is 35.5 Å². The minimum absolute atomic E-state index is 0.202. The maximum Gasteiger partial charge on any atom is 0.357 e. The fraction of sp³-hybridized carbons (Fsp3) is 0.375. The Balaban J connectivity index is 1.90. The van der Waals surface area contributed by atoms with Crippen molar-refractivity contribution in [3.8, 4) is 0 Å². The molecule has 3 N–H and O–H groups in total. The highest BCUT2D eigenvalue weighted by Crippen LogP contribution is 2.40. The van der Waals surface area contributed by atoms with E-state index in [1.807, 2.05) is 0 Å². The third kappa shape index (κ3) is 3.43. The van der Waals surface area contributed by atoms with E-state index in [2.05, 4.69) is 10.3 Å². The van der Waals surface area contributed by atoms with Crippen LogP contribution in [-0.4, -0.2) is 59.2 Å². The molecule has 1 aromatic rings. The quantitative estimate of drug-likeness (QED) is 0.290. The monoisotopic (exact) mass is 378 g/mol. The molecule has 10 heteroatoms. The van der Waals surface area contributed by atoms with Gasteiger partial charge in [0.1, 0.15) is 17.1 Å². The Bertz CT molecular complexity index is 769. The molecule has 1 aromatic heterocycles. The first-order chi connectivity index (χ1) is 12.6. The summed E-state index contributed by atoms with van der Waals surface area (Å²) in [5, 5.41) is 2.28. The Labute approximate surface area is 153 Å². The molecule has 2 aliphatic heterocycles.